The lowest BCUT2D eigenvalue weighted by atomic mass is 9.92. The van der Waals surface area contributed by atoms with E-state index in [-0.39, 0.29) is 11.6 Å². The van der Waals surface area contributed by atoms with E-state index < -0.39 is 23.3 Å². The molecular formula is C20H20ClFN2O4. The highest BCUT2D eigenvalue weighted by atomic mass is 35.5. The largest absolute Gasteiger partial charge is 0.497 e. The number of hydrogen-bond acceptors (Lipinski definition) is 4. The normalized spacial score (nSPS) is 18.9. The van der Waals surface area contributed by atoms with Crippen LogP contribution in [-0.2, 0) is 10.3 Å². The molecular weight excluding hydrogens is 387 g/mol. The van der Waals surface area contributed by atoms with Gasteiger partial charge in [0.1, 0.15) is 22.9 Å². The molecule has 2 aromatic rings. The Bertz CT molecular complexity index is 890. The number of hydrogen-bond donors (Lipinski definition) is 1. The molecule has 3 rings (SSSR count). The standard InChI is InChI=1S/C20H20ClFN2O4/c1-20(16-9-4-13(22)12-17(16)21)18(25)24(19(26)23-20)10-3-11-28-15-7-5-14(27-2)6-8-15/h4-9,12H,3,10-11H2,1-2H3,(H,23,26). The second-order valence-corrected chi connectivity index (χ2v) is 6.92. The van der Waals surface area contributed by atoms with E-state index in [4.69, 9.17) is 21.1 Å². The Morgan fingerprint density at radius 3 is 2.46 bits per heavy atom. The molecule has 0 aromatic heterocycles. The SMILES string of the molecule is COc1ccc(OCCCN2C(=O)NC(C)(c3ccc(F)cc3Cl)C2=O)cc1. The van der Waals surface area contributed by atoms with Gasteiger partial charge in [-0.2, -0.15) is 0 Å². The van der Waals surface area contributed by atoms with Crippen LogP contribution in [0.25, 0.3) is 0 Å². The fourth-order valence-electron chi connectivity index (χ4n) is 3.06. The number of urea groups is 1. The summed E-state index contributed by atoms with van der Waals surface area (Å²) < 4.78 is 24.0. The van der Waals surface area contributed by atoms with Crippen molar-refractivity contribution in [2.45, 2.75) is 18.9 Å². The van der Waals surface area contributed by atoms with Gasteiger partial charge in [0.05, 0.1) is 13.7 Å². The Labute approximate surface area is 167 Å². The number of nitrogens with one attached hydrogen (secondary N) is 1. The Morgan fingerprint density at radius 2 is 1.82 bits per heavy atom. The average molecular weight is 407 g/mol. The molecule has 0 bridgehead atoms. The monoisotopic (exact) mass is 406 g/mol. The Balaban J connectivity index is 1.60. The third-order valence-electron chi connectivity index (χ3n) is 4.60. The van der Waals surface area contributed by atoms with Gasteiger partial charge < -0.3 is 14.8 Å². The molecule has 1 saturated heterocycles. The summed E-state index contributed by atoms with van der Waals surface area (Å²) >= 11 is 6.09. The van der Waals surface area contributed by atoms with Crippen molar-refractivity contribution in [3.8, 4) is 11.5 Å². The fraction of sp³-hybridized carbons (Fsp3) is 0.300. The second kappa shape index (κ2) is 8.06. The van der Waals surface area contributed by atoms with Crippen molar-refractivity contribution >= 4 is 23.5 Å². The third-order valence-corrected chi connectivity index (χ3v) is 4.91. The molecule has 8 heteroatoms. The van der Waals surface area contributed by atoms with Crippen LogP contribution in [0, 0.1) is 5.82 Å². The van der Waals surface area contributed by atoms with Gasteiger partial charge in [0, 0.05) is 17.1 Å². The van der Waals surface area contributed by atoms with Crippen molar-refractivity contribution in [3.05, 3.63) is 58.9 Å². The molecule has 2 aromatic carbocycles. The zero-order chi connectivity index (χ0) is 20.3. The summed E-state index contributed by atoms with van der Waals surface area (Å²) in [5.41, 5.74) is -0.982. The summed E-state index contributed by atoms with van der Waals surface area (Å²) in [5.74, 6) is 0.448. The summed E-state index contributed by atoms with van der Waals surface area (Å²) in [6.45, 7) is 2.08. The fourth-order valence-corrected chi connectivity index (χ4v) is 3.42. The number of nitrogens with zero attached hydrogens (tertiary/aromatic N) is 1. The summed E-state index contributed by atoms with van der Waals surface area (Å²) in [7, 11) is 1.58. The van der Waals surface area contributed by atoms with Crippen LogP contribution >= 0.6 is 11.6 Å². The number of carbonyl (C=O) groups excluding carboxylic acids is 2. The van der Waals surface area contributed by atoms with E-state index in [1.807, 2.05) is 0 Å². The van der Waals surface area contributed by atoms with Gasteiger partial charge in [-0.3, -0.25) is 9.69 Å². The first-order valence-electron chi connectivity index (χ1n) is 8.71. The Hall–Kier alpha value is -2.80. The number of imide groups is 1. The summed E-state index contributed by atoms with van der Waals surface area (Å²) in [4.78, 5) is 26.3. The highest BCUT2D eigenvalue weighted by Gasteiger charge is 2.49. The van der Waals surface area contributed by atoms with Gasteiger partial charge in [0.2, 0.25) is 0 Å². The molecule has 0 radical (unpaired) electrons. The van der Waals surface area contributed by atoms with Crippen LogP contribution in [0.2, 0.25) is 5.02 Å². The van der Waals surface area contributed by atoms with Gasteiger partial charge in [-0.05, 0) is 49.7 Å². The first-order chi connectivity index (χ1) is 13.3. The van der Waals surface area contributed by atoms with Crippen LogP contribution in [0.3, 0.4) is 0 Å². The van der Waals surface area contributed by atoms with Gasteiger partial charge in [-0.25, -0.2) is 9.18 Å². The van der Waals surface area contributed by atoms with E-state index in [9.17, 15) is 14.0 Å². The molecule has 1 atom stereocenters. The quantitative estimate of drug-likeness (QED) is 0.562. The number of amides is 3. The number of halogens is 2. The van der Waals surface area contributed by atoms with Crippen molar-refractivity contribution < 1.29 is 23.5 Å². The smallest absolute Gasteiger partial charge is 0.325 e. The molecule has 3 amide bonds. The molecule has 1 N–H and O–H groups in total. The van der Waals surface area contributed by atoms with Crippen molar-refractivity contribution in [2.24, 2.45) is 0 Å². The number of methoxy groups -OCH3 is 1. The predicted octanol–water partition coefficient (Wildman–Crippen LogP) is 3.72. The van der Waals surface area contributed by atoms with Gasteiger partial charge in [-0.15, -0.1) is 0 Å². The van der Waals surface area contributed by atoms with E-state index in [1.54, 1.807) is 38.3 Å². The average Bonchev–Trinajstić information content (AvgIpc) is 2.88. The predicted molar refractivity (Wildman–Crippen MR) is 102 cm³/mol. The van der Waals surface area contributed by atoms with Crippen LogP contribution < -0.4 is 14.8 Å². The van der Waals surface area contributed by atoms with Gasteiger partial charge >= 0.3 is 6.03 Å². The molecule has 1 fully saturated rings. The minimum absolute atomic E-state index is 0.0841. The molecule has 0 aliphatic carbocycles. The zero-order valence-corrected chi connectivity index (χ0v) is 16.3. The zero-order valence-electron chi connectivity index (χ0n) is 15.5. The minimum atomic E-state index is -1.33. The summed E-state index contributed by atoms with van der Waals surface area (Å²) in [6.07, 6.45) is 0.457. The Kier molecular flexibility index (Phi) is 5.74. The first-order valence-corrected chi connectivity index (χ1v) is 9.09. The van der Waals surface area contributed by atoms with Crippen LogP contribution in [0.1, 0.15) is 18.9 Å². The van der Waals surface area contributed by atoms with E-state index in [1.165, 1.54) is 12.1 Å². The van der Waals surface area contributed by atoms with Gasteiger partial charge in [0.25, 0.3) is 5.91 Å². The summed E-state index contributed by atoms with van der Waals surface area (Å²) in [6, 6.07) is 10.3. The van der Waals surface area contributed by atoms with Gasteiger partial charge in [0.15, 0.2) is 0 Å². The maximum atomic E-state index is 13.3. The maximum absolute atomic E-state index is 13.3. The highest BCUT2D eigenvalue weighted by molar-refractivity contribution is 6.32. The highest BCUT2D eigenvalue weighted by Crippen LogP contribution is 2.34. The molecule has 1 aliphatic heterocycles. The lowest BCUT2D eigenvalue weighted by molar-refractivity contribution is -0.131. The molecule has 0 saturated carbocycles. The van der Waals surface area contributed by atoms with E-state index in [0.29, 0.717) is 24.3 Å². The second-order valence-electron chi connectivity index (χ2n) is 6.51. The van der Waals surface area contributed by atoms with Crippen LogP contribution in [0.4, 0.5) is 9.18 Å². The van der Waals surface area contributed by atoms with Gasteiger partial charge in [-0.1, -0.05) is 17.7 Å². The van der Waals surface area contributed by atoms with Crippen molar-refractivity contribution in [1.29, 1.82) is 0 Å². The molecule has 0 spiro atoms. The lowest BCUT2D eigenvalue weighted by Gasteiger charge is -2.23. The van der Waals surface area contributed by atoms with Crippen LogP contribution in [0.5, 0.6) is 11.5 Å². The van der Waals surface area contributed by atoms with Crippen LogP contribution in [-0.4, -0.2) is 37.1 Å². The molecule has 1 aliphatic rings. The Morgan fingerprint density at radius 1 is 1.14 bits per heavy atom. The maximum Gasteiger partial charge on any atom is 0.325 e. The minimum Gasteiger partial charge on any atom is -0.497 e. The summed E-state index contributed by atoms with van der Waals surface area (Å²) in [5, 5.41) is 2.74. The van der Waals surface area contributed by atoms with Crippen molar-refractivity contribution in [3.63, 3.8) is 0 Å². The first kappa shape index (κ1) is 19.9. The third kappa shape index (κ3) is 3.89. The number of rotatable bonds is 7. The number of benzene rings is 2. The molecule has 1 heterocycles. The van der Waals surface area contributed by atoms with E-state index in [0.717, 1.165) is 16.7 Å². The topological polar surface area (TPSA) is 67.9 Å². The molecule has 6 nitrogen and oxygen atoms in total. The van der Waals surface area contributed by atoms with E-state index >= 15 is 0 Å². The molecule has 148 valence electrons. The molecule has 28 heavy (non-hydrogen) atoms. The lowest BCUT2D eigenvalue weighted by Crippen LogP contribution is -2.41. The number of ether oxygens (including phenoxy) is 2. The van der Waals surface area contributed by atoms with Crippen LogP contribution in [0.15, 0.2) is 42.5 Å². The molecule has 1 unspecified atom stereocenters. The van der Waals surface area contributed by atoms with E-state index in [2.05, 4.69) is 5.32 Å². The van der Waals surface area contributed by atoms with Crippen molar-refractivity contribution in [2.75, 3.05) is 20.3 Å². The number of carbonyl (C=O) groups is 2. The van der Waals surface area contributed by atoms with Crippen molar-refractivity contribution in [1.82, 2.24) is 10.2 Å².